The van der Waals surface area contributed by atoms with Crippen LogP contribution in [-0.2, 0) is 11.2 Å². The molecule has 1 saturated carbocycles. The van der Waals surface area contributed by atoms with E-state index >= 15 is 0 Å². The van der Waals surface area contributed by atoms with E-state index in [9.17, 15) is 9.18 Å². The summed E-state index contributed by atoms with van der Waals surface area (Å²) < 4.78 is 15.9. The Morgan fingerprint density at radius 1 is 1.26 bits per heavy atom. The number of H-pyrrole nitrogens is 1. The van der Waals surface area contributed by atoms with Crippen LogP contribution in [0.25, 0.3) is 22.8 Å². The normalized spacial score (nSPS) is 15.1. The van der Waals surface area contributed by atoms with E-state index in [4.69, 9.17) is 5.73 Å². The maximum absolute atomic E-state index is 14.1. The summed E-state index contributed by atoms with van der Waals surface area (Å²) in [6.45, 7) is 0. The van der Waals surface area contributed by atoms with Crippen molar-refractivity contribution in [2.24, 2.45) is 5.73 Å². The van der Waals surface area contributed by atoms with Crippen molar-refractivity contribution in [3.63, 3.8) is 0 Å². The van der Waals surface area contributed by atoms with Gasteiger partial charge in [0.05, 0.1) is 18.2 Å². The zero-order valence-electron chi connectivity index (χ0n) is 14.9. The van der Waals surface area contributed by atoms with Crippen LogP contribution in [0.5, 0.6) is 0 Å². The fourth-order valence-corrected chi connectivity index (χ4v) is 3.61. The first kappa shape index (κ1) is 17.4. The molecule has 2 aromatic heterocycles. The highest BCUT2D eigenvalue weighted by Gasteiger charge is 2.24. The van der Waals surface area contributed by atoms with Gasteiger partial charge in [-0.15, -0.1) is 0 Å². The Balaban J connectivity index is 1.73. The second-order valence-corrected chi connectivity index (χ2v) is 6.88. The molecule has 1 amide bonds. The number of hydrogen-bond donors (Lipinski definition) is 2. The molecule has 27 heavy (non-hydrogen) atoms. The molecule has 0 bridgehead atoms. The van der Waals surface area contributed by atoms with Gasteiger partial charge in [-0.1, -0.05) is 31.4 Å². The quantitative estimate of drug-likeness (QED) is 0.722. The van der Waals surface area contributed by atoms with Crippen LogP contribution in [-0.4, -0.2) is 30.9 Å². The monoisotopic (exact) mass is 368 g/mol. The van der Waals surface area contributed by atoms with E-state index in [2.05, 4.69) is 20.3 Å². The lowest BCUT2D eigenvalue weighted by Crippen LogP contribution is -2.17. The molecule has 0 atom stereocenters. The molecule has 0 aliphatic heterocycles. The summed E-state index contributed by atoms with van der Waals surface area (Å²) in [6.07, 6.45) is 5.51. The number of halogens is 1. The van der Waals surface area contributed by atoms with E-state index in [1.165, 1.54) is 12.5 Å². The van der Waals surface area contributed by atoms with Gasteiger partial charge in [0, 0.05) is 5.56 Å². The molecule has 1 fully saturated rings. The predicted molar refractivity (Wildman–Crippen MR) is 98.0 cm³/mol. The Labute approximate surface area is 155 Å². The van der Waals surface area contributed by atoms with E-state index < -0.39 is 5.91 Å². The highest BCUT2D eigenvalue weighted by molar-refractivity contribution is 5.75. The fourth-order valence-electron chi connectivity index (χ4n) is 3.61. The summed E-state index contributed by atoms with van der Waals surface area (Å²) >= 11 is 0. The van der Waals surface area contributed by atoms with Gasteiger partial charge in [0.25, 0.3) is 0 Å². The van der Waals surface area contributed by atoms with Crippen molar-refractivity contribution in [2.75, 3.05) is 0 Å². The lowest BCUT2D eigenvalue weighted by molar-refractivity contribution is -0.117. The van der Waals surface area contributed by atoms with Crippen molar-refractivity contribution in [1.29, 1.82) is 0 Å². The number of nitrogens with one attached hydrogen (secondary N) is 1. The molecular formula is C19H21FN6O. The molecule has 4 rings (SSSR count). The van der Waals surface area contributed by atoms with Gasteiger partial charge in [0.15, 0.2) is 11.6 Å². The first-order valence-corrected chi connectivity index (χ1v) is 9.16. The summed E-state index contributed by atoms with van der Waals surface area (Å²) in [6, 6.07) is 8.47. The van der Waals surface area contributed by atoms with Crippen molar-refractivity contribution < 1.29 is 9.18 Å². The standard InChI is InChI=1S/C19H21FN6O/c20-14-9-5-4-8-13(14)15-10-16(24-23-15)19-22-18(11-17(21)27)25-26(19)12-6-2-1-3-7-12/h4-5,8-10,12H,1-3,6-7,11H2,(H2,21,27)(H,23,24). The third-order valence-corrected chi connectivity index (χ3v) is 4.90. The lowest BCUT2D eigenvalue weighted by Gasteiger charge is -2.22. The van der Waals surface area contributed by atoms with Crippen LogP contribution in [0, 0.1) is 5.82 Å². The van der Waals surface area contributed by atoms with Crippen molar-refractivity contribution in [1.82, 2.24) is 25.0 Å². The number of carbonyl (C=O) groups excluding carboxylic acids is 1. The molecule has 1 aliphatic carbocycles. The second kappa shape index (κ2) is 7.30. The van der Waals surface area contributed by atoms with Crippen LogP contribution in [0.2, 0.25) is 0 Å². The van der Waals surface area contributed by atoms with Crippen molar-refractivity contribution in [3.8, 4) is 22.8 Å². The summed E-state index contributed by atoms with van der Waals surface area (Å²) in [5, 5.41) is 11.7. The zero-order chi connectivity index (χ0) is 18.8. The van der Waals surface area contributed by atoms with Crippen LogP contribution in [0.1, 0.15) is 44.0 Å². The molecule has 0 spiro atoms. The topological polar surface area (TPSA) is 102 Å². The fraction of sp³-hybridized carbons (Fsp3) is 0.368. The van der Waals surface area contributed by atoms with Crippen LogP contribution < -0.4 is 5.73 Å². The number of primary amides is 1. The van der Waals surface area contributed by atoms with Crippen LogP contribution >= 0.6 is 0 Å². The van der Waals surface area contributed by atoms with Gasteiger partial charge in [0.1, 0.15) is 11.5 Å². The minimum atomic E-state index is -0.473. The van der Waals surface area contributed by atoms with Crippen molar-refractivity contribution >= 4 is 5.91 Å². The summed E-state index contributed by atoms with van der Waals surface area (Å²) in [4.78, 5) is 15.8. The SMILES string of the molecule is NC(=O)Cc1nc(-c2cc(-c3ccccc3F)n[nH]2)n(C2CCCCC2)n1. The second-order valence-electron chi connectivity index (χ2n) is 6.88. The molecule has 8 heteroatoms. The maximum atomic E-state index is 14.1. The van der Waals surface area contributed by atoms with E-state index in [0.717, 1.165) is 25.7 Å². The molecule has 0 unspecified atom stereocenters. The van der Waals surface area contributed by atoms with Gasteiger partial charge in [-0.25, -0.2) is 14.1 Å². The number of rotatable bonds is 5. The van der Waals surface area contributed by atoms with Crippen molar-refractivity contribution in [3.05, 3.63) is 42.0 Å². The first-order chi connectivity index (χ1) is 13.1. The number of carbonyl (C=O) groups is 1. The molecule has 1 aliphatic rings. The molecular weight excluding hydrogens is 347 g/mol. The van der Waals surface area contributed by atoms with Crippen LogP contribution in [0.3, 0.4) is 0 Å². The number of amides is 1. The molecule has 3 aromatic rings. The number of aromatic nitrogens is 5. The molecule has 0 radical (unpaired) electrons. The Morgan fingerprint density at radius 2 is 2.04 bits per heavy atom. The van der Waals surface area contributed by atoms with E-state index in [0.29, 0.717) is 28.6 Å². The van der Waals surface area contributed by atoms with Gasteiger partial charge in [-0.05, 0) is 31.0 Å². The van der Waals surface area contributed by atoms with E-state index in [-0.39, 0.29) is 18.3 Å². The first-order valence-electron chi connectivity index (χ1n) is 9.16. The number of aromatic amines is 1. The highest BCUT2D eigenvalue weighted by atomic mass is 19.1. The van der Waals surface area contributed by atoms with Crippen molar-refractivity contribution in [2.45, 2.75) is 44.6 Å². The highest BCUT2D eigenvalue weighted by Crippen LogP contribution is 2.32. The summed E-state index contributed by atoms with van der Waals surface area (Å²) in [5.74, 6) is 0.191. The number of benzene rings is 1. The van der Waals surface area contributed by atoms with E-state index in [1.807, 2.05) is 4.68 Å². The van der Waals surface area contributed by atoms with Gasteiger partial charge in [0.2, 0.25) is 5.91 Å². The molecule has 140 valence electrons. The average Bonchev–Trinajstić information content (AvgIpc) is 3.29. The van der Waals surface area contributed by atoms with Gasteiger partial charge < -0.3 is 5.73 Å². The Morgan fingerprint density at radius 3 is 2.78 bits per heavy atom. The van der Waals surface area contributed by atoms with Crippen LogP contribution in [0.15, 0.2) is 30.3 Å². The number of nitrogens with zero attached hydrogens (tertiary/aromatic N) is 4. The molecule has 0 saturated heterocycles. The summed E-state index contributed by atoms with van der Waals surface area (Å²) in [7, 11) is 0. The minimum absolute atomic E-state index is 0.0129. The van der Waals surface area contributed by atoms with Gasteiger partial charge in [-0.3, -0.25) is 9.89 Å². The largest absolute Gasteiger partial charge is 0.369 e. The number of hydrogen-bond acceptors (Lipinski definition) is 4. The lowest BCUT2D eigenvalue weighted by atomic mass is 9.95. The molecule has 1 aromatic carbocycles. The Kier molecular flexibility index (Phi) is 4.70. The zero-order valence-corrected chi connectivity index (χ0v) is 14.9. The molecule has 2 heterocycles. The predicted octanol–water partition coefficient (Wildman–Crippen LogP) is 3.01. The minimum Gasteiger partial charge on any atom is -0.369 e. The van der Waals surface area contributed by atoms with Gasteiger partial charge in [-0.2, -0.15) is 10.2 Å². The molecule has 3 N–H and O–H groups in total. The van der Waals surface area contributed by atoms with Crippen LogP contribution in [0.4, 0.5) is 4.39 Å². The molecule has 7 nitrogen and oxygen atoms in total. The maximum Gasteiger partial charge on any atom is 0.225 e. The number of nitrogens with two attached hydrogens (primary N) is 1. The Hall–Kier alpha value is -3.03. The summed E-state index contributed by atoms with van der Waals surface area (Å²) in [5.41, 5.74) is 6.86. The van der Waals surface area contributed by atoms with Gasteiger partial charge >= 0.3 is 0 Å². The third kappa shape index (κ3) is 3.60. The van der Waals surface area contributed by atoms with E-state index in [1.54, 1.807) is 24.3 Å². The average molecular weight is 368 g/mol. The smallest absolute Gasteiger partial charge is 0.225 e. The Bertz CT molecular complexity index is 957. The third-order valence-electron chi connectivity index (χ3n) is 4.90.